The highest BCUT2D eigenvalue weighted by atomic mass is 127. The van der Waals surface area contributed by atoms with E-state index in [1.807, 2.05) is 31.2 Å². The number of carbonyl (C=O) groups excluding carboxylic acids is 2. The molecular formula is C22H29IN4O4. The van der Waals surface area contributed by atoms with Crippen molar-refractivity contribution < 1.29 is 18.7 Å². The fourth-order valence-corrected chi connectivity index (χ4v) is 3.44. The third-order valence-corrected chi connectivity index (χ3v) is 4.96. The van der Waals surface area contributed by atoms with Crippen molar-refractivity contribution in [3.8, 4) is 0 Å². The SMILES string of the molecule is CCOC(=O)C1CCCN(C(=NC)NCc2ccc(NC(=O)c3ccco3)cc2)C1.I. The third-order valence-electron chi connectivity index (χ3n) is 4.96. The van der Waals surface area contributed by atoms with E-state index >= 15 is 0 Å². The van der Waals surface area contributed by atoms with Crippen molar-refractivity contribution in [2.45, 2.75) is 26.3 Å². The van der Waals surface area contributed by atoms with Gasteiger partial charge in [0.2, 0.25) is 0 Å². The van der Waals surface area contributed by atoms with Gasteiger partial charge in [-0.1, -0.05) is 12.1 Å². The van der Waals surface area contributed by atoms with Gasteiger partial charge in [-0.05, 0) is 49.6 Å². The summed E-state index contributed by atoms with van der Waals surface area (Å²) in [7, 11) is 1.74. The first kappa shape index (κ1) is 24.7. The van der Waals surface area contributed by atoms with Crippen molar-refractivity contribution in [3.05, 3.63) is 54.0 Å². The first-order valence-electron chi connectivity index (χ1n) is 10.2. The zero-order valence-corrected chi connectivity index (χ0v) is 20.1. The molecule has 1 amide bonds. The smallest absolute Gasteiger partial charge is 0.310 e. The van der Waals surface area contributed by atoms with E-state index in [4.69, 9.17) is 9.15 Å². The van der Waals surface area contributed by atoms with Crippen LogP contribution in [-0.2, 0) is 16.1 Å². The van der Waals surface area contributed by atoms with Gasteiger partial charge in [-0.3, -0.25) is 14.6 Å². The summed E-state index contributed by atoms with van der Waals surface area (Å²) in [5, 5.41) is 6.15. The average molecular weight is 540 g/mol. The molecule has 1 fully saturated rings. The first-order valence-corrected chi connectivity index (χ1v) is 10.2. The van der Waals surface area contributed by atoms with E-state index in [2.05, 4.69) is 20.5 Å². The highest BCUT2D eigenvalue weighted by Crippen LogP contribution is 2.18. The number of hydrogen-bond acceptors (Lipinski definition) is 5. The monoisotopic (exact) mass is 540 g/mol. The van der Waals surface area contributed by atoms with Crippen molar-refractivity contribution in [1.29, 1.82) is 0 Å². The van der Waals surface area contributed by atoms with Crippen LogP contribution in [0.25, 0.3) is 0 Å². The lowest BCUT2D eigenvalue weighted by molar-refractivity contribution is -0.149. The van der Waals surface area contributed by atoms with E-state index < -0.39 is 0 Å². The molecule has 0 spiro atoms. The van der Waals surface area contributed by atoms with Gasteiger partial charge in [0, 0.05) is 32.4 Å². The van der Waals surface area contributed by atoms with Crippen molar-refractivity contribution >= 4 is 47.5 Å². The van der Waals surface area contributed by atoms with E-state index in [-0.39, 0.29) is 47.5 Å². The second-order valence-electron chi connectivity index (χ2n) is 7.07. The predicted molar refractivity (Wildman–Crippen MR) is 130 cm³/mol. The molecule has 1 aliphatic heterocycles. The maximum Gasteiger partial charge on any atom is 0.310 e. The Balaban J connectivity index is 0.00000341. The van der Waals surface area contributed by atoms with Gasteiger partial charge in [-0.25, -0.2) is 0 Å². The number of ether oxygens (including phenoxy) is 1. The number of aliphatic imine (C=N–C) groups is 1. The zero-order valence-electron chi connectivity index (χ0n) is 17.8. The summed E-state index contributed by atoms with van der Waals surface area (Å²) in [4.78, 5) is 30.6. The Morgan fingerprint density at radius 2 is 2.03 bits per heavy atom. The molecule has 2 heterocycles. The number of carbonyl (C=O) groups is 2. The van der Waals surface area contributed by atoms with E-state index in [9.17, 15) is 9.59 Å². The number of hydrogen-bond donors (Lipinski definition) is 2. The van der Waals surface area contributed by atoms with Crippen LogP contribution in [0.2, 0.25) is 0 Å². The van der Waals surface area contributed by atoms with Crippen LogP contribution in [-0.4, -0.2) is 49.5 Å². The van der Waals surface area contributed by atoms with Crippen LogP contribution in [0, 0.1) is 5.92 Å². The quantitative estimate of drug-likeness (QED) is 0.252. The molecule has 0 aliphatic carbocycles. The molecule has 0 bridgehead atoms. The number of anilines is 1. The molecule has 8 nitrogen and oxygen atoms in total. The number of nitrogens with one attached hydrogen (secondary N) is 2. The molecule has 0 radical (unpaired) electrons. The van der Waals surface area contributed by atoms with Crippen LogP contribution in [0.5, 0.6) is 0 Å². The lowest BCUT2D eigenvalue weighted by Crippen LogP contribution is -2.48. The molecule has 0 saturated carbocycles. The Morgan fingerprint density at radius 1 is 1.26 bits per heavy atom. The van der Waals surface area contributed by atoms with Crippen LogP contribution in [0.15, 0.2) is 52.1 Å². The van der Waals surface area contributed by atoms with Crippen molar-refractivity contribution in [3.63, 3.8) is 0 Å². The van der Waals surface area contributed by atoms with E-state index in [0.29, 0.717) is 25.4 Å². The highest BCUT2D eigenvalue weighted by Gasteiger charge is 2.28. The summed E-state index contributed by atoms with van der Waals surface area (Å²) < 4.78 is 10.3. The summed E-state index contributed by atoms with van der Waals surface area (Å²) >= 11 is 0. The minimum Gasteiger partial charge on any atom is -0.466 e. The molecule has 168 valence electrons. The molecule has 1 aliphatic rings. The van der Waals surface area contributed by atoms with Crippen molar-refractivity contribution in [2.24, 2.45) is 10.9 Å². The fourth-order valence-electron chi connectivity index (χ4n) is 3.44. The summed E-state index contributed by atoms with van der Waals surface area (Å²) in [6, 6.07) is 10.9. The molecule has 2 aromatic rings. The second kappa shape index (κ2) is 12.3. The normalized spacial score (nSPS) is 16.3. The third kappa shape index (κ3) is 6.98. The summed E-state index contributed by atoms with van der Waals surface area (Å²) in [6.45, 7) is 4.27. The standard InChI is InChI=1S/C22H28N4O4.HI/c1-3-29-21(28)17-6-4-12-26(15-17)22(23-2)24-14-16-8-10-18(11-9-16)25-20(27)19-7-5-13-30-19;/h5,7-11,13,17H,3-4,6,12,14-15H2,1-2H3,(H,23,24)(H,25,27);1H. The van der Waals surface area contributed by atoms with Crippen LogP contribution >= 0.6 is 24.0 Å². The Kier molecular flexibility index (Phi) is 9.83. The first-order chi connectivity index (χ1) is 14.6. The Labute approximate surface area is 199 Å². The van der Waals surface area contributed by atoms with Gasteiger partial charge >= 0.3 is 5.97 Å². The Hall–Kier alpha value is -2.56. The minimum atomic E-state index is -0.285. The number of furan rings is 1. The maximum absolute atomic E-state index is 12.1. The summed E-state index contributed by atoms with van der Waals surface area (Å²) in [6.07, 6.45) is 3.24. The van der Waals surface area contributed by atoms with E-state index in [0.717, 1.165) is 30.9 Å². The van der Waals surface area contributed by atoms with Crippen molar-refractivity contribution in [2.75, 3.05) is 32.1 Å². The Bertz CT molecular complexity index is 868. The molecule has 1 aromatic heterocycles. The van der Waals surface area contributed by atoms with Gasteiger partial charge in [0.15, 0.2) is 11.7 Å². The van der Waals surface area contributed by atoms with E-state index in [1.54, 1.807) is 19.2 Å². The summed E-state index contributed by atoms with van der Waals surface area (Å²) in [5.74, 6) is 0.498. The average Bonchev–Trinajstić information content (AvgIpc) is 3.31. The number of benzene rings is 1. The van der Waals surface area contributed by atoms with E-state index in [1.165, 1.54) is 6.26 Å². The molecule has 3 rings (SSSR count). The zero-order chi connectivity index (χ0) is 21.3. The maximum atomic E-state index is 12.1. The number of guanidine groups is 1. The molecule has 2 N–H and O–H groups in total. The number of esters is 1. The topological polar surface area (TPSA) is 96.2 Å². The largest absolute Gasteiger partial charge is 0.466 e. The minimum absolute atomic E-state index is 0. The second-order valence-corrected chi connectivity index (χ2v) is 7.07. The molecule has 1 atom stereocenters. The van der Waals surface area contributed by atoms with Gasteiger partial charge in [-0.2, -0.15) is 0 Å². The molecule has 1 aromatic carbocycles. The van der Waals surface area contributed by atoms with Crippen LogP contribution in [0.3, 0.4) is 0 Å². The number of rotatable bonds is 6. The number of nitrogens with zero attached hydrogens (tertiary/aromatic N) is 2. The number of amides is 1. The molecular weight excluding hydrogens is 511 g/mol. The van der Waals surface area contributed by atoms with Gasteiger partial charge in [0.25, 0.3) is 5.91 Å². The molecule has 1 unspecified atom stereocenters. The van der Waals surface area contributed by atoms with Crippen LogP contribution < -0.4 is 10.6 Å². The molecule has 31 heavy (non-hydrogen) atoms. The highest BCUT2D eigenvalue weighted by molar-refractivity contribution is 14.0. The van der Waals surface area contributed by atoms with Gasteiger partial charge in [0.05, 0.1) is 18.8 Å². The van der Waals surface area contributed by atoms with Gasteiger partial charge < -0.3 is 24.7 Å². The number of likely N-dealkylation sites (tertiary alicyclic amines) is 1. The molecule has 9 heteroatoms. The molecule has 1 saturated heterocycles. The fraction of sp³-hybridized carbons (Fsp3) is 0.409. The lowest BCUT2D eigenvalue weighted by atomic mass is 9.98. The lowest BCUT2D eigenvalue weighted by Gasteiger charge is -2.34. The number of halogens is 1. The van der Waals surface area contributed by atoms with Crippen LogP contribution in [0.4, 0.5) is 5.69 Å². The van der Waals surface area contributed by atoms with Gasteiger partial charge in [-0.15, -0.1) is 24.0 Å². The number of piperidine rings is 1. The van der Waals surface area contributed by atoms with Crippen molar-refractivity contribution in [1.82, 2.24) is 10.2 Å². The van der Waals surface area contributed by atoms with Crippen LogP contribution in [0.1, 0.15) is 35.9 Å². The van der Waals surface area contributed by atoms with Gasteiger partial charge in [0.1, 0.15) is 0 Å². The Morgan fingerprint density at radius 3 is 2.68 bits per heavy atom. The predicted octanol–water partition coefficient (Wildman–Crippen LogP) is 3.50. The summed E-state index contributed by atoms with van der Waals surface area (Å²) in [5.41, 5.74) is 1.74.